The first-order chi connectivity index (χ1) is 12.6. The summed E-state index contributed by atoms with van der Waals surface area (Å²) in [6, 6.07) is 3.86. The molecule has 0 N–H and O–H groups in total. The molecule has 128 valence electrons. The molecule has 0 saturated heterocycles. The highest BCUT2D eigenvalue weighted by Gasteiger charge is 2.23. The molecule has 3 heterocycles. The summed E-state index contributed by atoms with van der Waals surface area (Å²) >= 11 is 0. The van der Waals surface area contributed by atoms with Gasteiger partial charge in [-0.2, -0.15) is 5.26 Å². The van der Waals surface area contributed by atoms with E-state index in [-0.39, 0.29) is 34.9 Å². The Balaban J connectivity index is 1.94. The predicted molar refractivity (Wildman–Crippen MR) is 83.5 cm³/mol. The topological polar surface area (TPSA) is 106 Å². The lowest BCUT2D eigenvalue weighted by Gasteiger charge is -2.08. The molecule has 0 amide bonds. The number of fused-ring (bicyclic) bond motifs is 1. The van der Waals surface area contributed by atoms with Gasteiger partial charge < -0.3 is 4.57 Å². The van der Waals surface area contributed by atoms with Crippen LogP contribution < -0.4 is 0 Å². The molecule has 0 aliphatic heterocycles. The van der Waals surface area contributed by atoms with E-state index in [4.69, 9.17) is 9.89 Å². The number of rotatable bonds is 3. The van der Waals surface area contributed by atoms with Crippen molar-refractivity contribution in [3.8, 4) is 17.6 Å². The second-order valence-corrected chi connectivity index (χ2v) is 5.47. The van der Waals surface area contributed by atoms with Crippen molar-refractivity contribution in [2.75, 3.05) is 0 Å². The summed E-state index contributed by atoms with van der Waals surface area (Å²) in [6.45, 7) is 1.73. The maximum absolute atomic E-state index is 14.4. The lowest BCUT2D eigenvalue weighted by Crippen LogP contribution is -2.05. The van der Waals surface area contributed by atoms with E-state index in [0.29, 0.717) is 11.3 Å². The lowest BCUT2D eigenvalue weighted by molar-refractivity contribution is 0.305. The molecule has 0 bridgehead atoms. The summed E-state index contributed by atoms with van der Waals surface area (Å²) < 4.78 is 34.8. The van der Waals surface area contributed by atoms with E-state index >= 15 is 0 Å². The van der Waals surface area contributed by atoms with Crippen molar-refractivity contribution in [3.05, 3.63) is 53.2 Å². The number of aromatic nitrogens is 6. The molecule has 0 saturated carbocycles. The number of aryl methyl sites for hydroxylation is 1. The fourth-order valence-electron chi connectivity index (χ4n) is 2.61. The Labute approximate surface area is 144 Å². The normalized spacial score (nSPS) is 11.0. The van der Waals surface area contributed by atoms with Crippen LogP contribution in [-0.4, -0.2) is 29.8 Å². The van der Waals surface area contributed by atoms with E-state index in [1.54, 1.807) is 6.92 Å². The van der Waals surface area contributed by atoms with Gasteiger partial charge in [0.1, 0.15) is 28.6 Å². The number of nitrogens with zero attached hydrogens (tertiary/aromatic N) is 7. The van der Waals surface area contributed by atoms with Gasteiger partial charge in [-0.15, -0.1) is 0 Å². The van der Waals surface area contributed by atoms with Crippen LogP contribution in [0.3, 0.4) is 0 Å². The monoisotopic (exact) mass is 353 g/mol. The average Bonchev–Trinajstić information content (AvgIpc) is 3.23. The van der Waals surface area contributed by atoms with Gasteiger partial charge in [0.05, 0.1) is 6.54 Å². The molecule has 0 radical (unpaired) electrons. The molecule has 8 nitrogen and oxygen atoms in total. The third-order valence-electron chi connectivity index (χ3n) is 3.81. The van der Waals surface area contributed by atoms with Gasteiger partial charge in [0, 0.05) is 18.0 Å². The minimum Gasteiger partial charge on any atom is -0.315 e. The molecule has 0 spiro atoms. The number of benzene rings is 1. The molecule has 0 aliphatic carbocycles. The van der Waals surface area contributed by atoms with E-state index < -0.39 is 11.6 Å². The van der Waals surface area contributed by atoms with E-state index in [9.17, 15) is 8.78 Å². The molecule has 0 unspecified atom stereocenters. The second kappa shape index (κ2) is 5.96. The molecular formula is C16H9F2N7O. The predicted octanol–water partition coefficient (Wildman–Crippen LogP) is 2.38. The van der Waals surface area contributed by atoms with E-state index in [1.165, 1.54) is 17.0 Å². The van der Waals surface area contributed by atoms with Crippen LogP contribution in [0.2, 0.25) is 0 Å². The molecular weight excluding hydrogens is 344 g/mol. The van der Waals surface area contributed by atoms with E-state index in [0.717, 1.165) is 12.1 Å². The minimum absolute atomic E-state index is 0.0123. The van der Waals surface area contributed by atoms with Gasteiger partial charge in [-0.1, -0.05) is 5.16 Å². The van der Waals surface area contributed by atoms with Gasteiger partial charge in [0.2, 0.25) is 5.82 Å². The fourth-order valence-corrected chi connectivity index (χ4v) is 2.61. The third-order valence-corrected chi connectivity index (χ3v) is 3.81. The molecule has 0 fully saturated rings. The van der Waals surface area contributed by atoms with Crippen LogP contribution in [-0.2, 0) is 6.54 Å². The van der Waals surface area contributed by atoms with Gasteiger partial charge >= 0.3 is 0 Å². The van der Waals surface area contributed by atoms with Crippen molar-refractivity contribution < 1.29 is 13.4 Å². The van der Waals surface area contributed by atoms with Crippen LogP contribution in [0.25, 0.3) is 22.6 Å². The fraction of sp³-hybridized carbons (Fsp3) is 0.125. The highest BCUT2D eigenvalue weighted by molar-refractivity contribution is 5.81. The number of hydrogen-bond acceptors (Lipinski definition) is 7. The smallest absolute Gasteiger partial charge is 0.232 e. The van der Waals surface area contributed by atoms with Crippen LogP contribution in [0.15, 0.2) is 29.2 Å². The molecule has 3 aromatic heterocycles. The van der Waals surface area contributed by atoms with Crippen molar-refractivity contribution in [1.82, 2.24) is 29.8 Å². The van der Waals surface area contributed by atoms with E-state index in [2.05, 4.69) is 25.3 Å². The zero-order chi connectivity index (χ0) is 18.3. The van der Waals surface area contributed by atoms with Crippen LogP contribution in [0.1, 0.15) is 17.1 Å². The molecule has 4 rings (SSSR count). The summed E-state index contributed by atoms with van der Waals surface area (Å²) in [4.78, 5) is 12.0. The summed E-state index contributed by atoms with van der Waals surface area (Å²) in [6.07, 6.45) is 2.87. The molecule has 1 aromatic carbocycles. The van der Waals surface area contributed by atoms with E-state index in [1.807, 2.05) is 6.07 Å². The Hall–Kier alpha value is -3.74. The summed E-state index contributed by atoms with van der Waals surface area (Å²) in [5.41, 5.74) is 1.12. The first-order valence-corrected chi connectivity index (χ1v) is 7.43. The van der Waals surface area contributed by atoms with Gasteiger partial charge in [0.15, 0.2) is 17.3 Å². The zero-order valence-corrected chi connectivity index (χ0v) is 13.3. The summed E-state index contributed by atoms with van der Waals surface area (Å²) in [5.74, 6) is -1.08. The highest BCUT2D eigenvalue weighted by atomic mass is 19.1. The average molecular weight is 353 g/mol. The number of hydrogen-bond donors (Lipinski definition) is 0. The van der Waals surface area contributed by atoms with Crippen LogP contribution in [0.5, 0.6) is 0 Å². The lowest BCUT2D eigenvalue weighted by atomic mass is 10.2. The van der Waals surface area contributed by atoms with Crippen molar-refractivity contribution in [2.45, 2.75) is 13.5 Å². The molecule has 4 aromatic rings. The minimum atomic E-state index is -0.661. The van der Waals surface area contributed by atoms with Gasteiger partial charge in [-0.05, 0) is 24.2 Å². The Morgan fingerprint density at radius 1 is 1.15 bits per heavy atom. The Bertz CT molecular complexity index is 1160. The van der Waals surface area contributed by atoms with Crippen LogP contribution >= 0.6 is 0 Å². The Morgan fingerprint density at radius 3 is 2.54 bits per heavy atom. The Morgan fingerprint density at radius 2 is 1.88 bits per heavy atom. The quantitative estimate of drug-likeness (QED) is 0.556. The SMILES string of the molecule is Cc1nonc1-c1nc2c(F)ccc(F)c2n1Cc1cnc(C#N)nc1. The standard InChI is InChI=1S/C16H9F2N7O/c1-8-13(24-26-23-8)16-22-14-10(17)2-3-11(18)15(14)25(16)7-9-5-20-12(4-19)21-6-9/h2-3,5-6H,7H2,1H3. The Kier molecular flexibility index (Phi) is 3.62. The highest BCUT2D eigenvalue weighted by Crippen LogP contribution is 2.29. The van der Waals surface area contributed by atoms with Gasteiger partial charge in [-0.25, -0.2) is 28.4 Å². The van der Waals surface area contributed by atoms with Crippen molar-refractivity contribution >= 4 is 11.0 Å². The molecule has 0 aliphatic rings. The first kappa shape index (κ1) is 15.8. The molecule has 0 atom stereocenters. The molecule has 26 heavy (non-hydrogen) atoms. The van der Waals surface area contributed by atoms with Gasteiger partial charge in [0.25, 0.3) is 0 Å². The molecule has 10 heteroatoms. The van der Waals surface area contributed by atoms with Crippen LogP contribution in [0, 0.1) is 29.9 Å². The third kappa shape index (κ3) is 2.46. The zero-order valence-electron chi connectivity index (χ0n) is 13.3. The summed E-state index contributed by atoms with van der Waals surface area (Å²) in [7, 11) is 0. The summed E-state index contributed by atoms with van der Waals surface area (Å²) in [5, 5.41) is 16.3. The second-order valence-electron chi connectivity index (χ2n) is 5.47. The maximum Gasteiger partial charge on any atom is 0.232 e. The van der Waals surface area contributed by atoms with Crippen molar-refractivity contribution in [1.29, 1.82) is 5.26 Å². The number of halogens is 2. The van der Waals surface area contributed by atoms with Crippen molar-refractivity contribution in [3.63, 3.8) is 0 Å². The van der Waals surface area contributed by atoms with Gasteiger partial charge in [-0.3, -0.25) is 0 Å². The van der Waals surface area contributed by atoms with Crippen LogP contribution in [0.4, 0.5) is 8.78 Å². The number of nitriles is 1. The number of imidazole rings is 1. The first-order valence-electron chi connectivity index (χ1n) is 7.43. The largest absolute Gasteiger partial charge is 0.315 e. The maximum atomic E-state index is 14.4. The van der Waals surface area contributed by atoms with Crippen molar-refractivity contribution in [2.24, 2.45) is 0 Å².